The second-order valence-electron chi connectivity index (χ2n) is 7.78. The molecule has 1 aromatic heterocycles. The van der Waals surface area contributed by atoms with Gasteiger partial charge in [0.1, 0.15) is 11.6 Å². The summed E-state index contributed by atoms with van der Waals surface area (Å²) in [5.74, 6) is 1.76. The zero-order chi connectivity index (χ0) is 15.9. The van der Waals surface area contributed by atoms with E-state index in [9.17, 15) is 0 Å². The number of hydrogen-bond acceptors (Lipinski definition) is 6. The van der Waals surface area contributed by atoms with E-state index in [1.807, 2.05) is 0 Å². The van der Waals surface area contributed by atoms with Crippen molar-refractivity contribution >= 4 is 17.6 Å². The molecule has 6 nitrogen and oxygen atoms in total. The molecule has 3 rings (SSSR count). The van der Waals surface area contributed by atoms with Gasteiger partial charge < -0.3 is 16.4 Å². The Kier molecular flexibility index (Phi) is 3.89. The van der Waals surface area contributed by atoms with Gasteiger partial charge in [-0.25, -0.2) is 0 Å². The van der Waals surface area contributed by atoms with Crippen molar-refractivity contribution in [2.45, 2.75) is 46.1 Å². The van der Waals surface area contributed by atoms with E-state index in [-0.39, 0.29) is 11.4 Å². The Hall–Kier alpha value is -1.56. The van der Waals surface area contributed by atoms with Crippen LogP contribution in [0.4, 0.5) is 17.6 Å². The maximum absolute atomic E-state index is 6.17. The van der Waals surface area contributed by atoms with Crippen LogP contribution in [0.25, 0.3) is 0 Å². The van der Waals surface area contributed by atoms with Gasteiger partial charge in [0.25, 0.3) is 0 Å². The van der Waals surface area contributed by atoms with Crippen LogP contribution in [0, 0.1) is 5.41 Å². The van der Waals surface area contributed by atoms with E-state index in [4.69, 9.17) is 11.5 Å². The lowest BCUT2D eigenvalue weighted by atomic mass is 9.88. The van der Waals surface area contributed by atoms with Crippen LogP contribution < -0.4 is 16.4 Å². The maximum Gasteiger partial charge on any atom is 0.223 e. The molecule has 1 aromatic rings. The highest BCUT2D eigenvalue weighted by Gasteiger charge is 2.33. The molecule has 3 heterocycles. The summed E-state index contributed by atoms with van der Waals surface area (Å²) in [6.07, 6.45) is 3.45. The van der Waals surface area contributed by atoms with E-state index >= 15 is 0 Å². The van der Waals surface area contributed by atoms with Gasteiger partial charge in [-0.3, -0.25) is 4.90 Å². The van der Waals surface area contributed by atoms with E-state index < -0.39 is 0 Å². The summed E-state index contributed by atoms with van der Waals surface area (Å²) in [5.41, 5.74) is 13.2. The van der Waals surface area contributed by atoms with E-state index in [0.29, 0.717) is 11.9 Å². The molecule has 4 N–H and O–H groups in total. The summed E-state index contributed by atoms with van der Waals surface area (Å²) >= 11 is 0. The number of rotatable bonds is 2. The number of fused-ring (bicyclic) bond motifs is 1. The lowest BCUT2D eigenvalue weighted by molar-refractivity contribution is 0.230. The Bertz CT molecular complexity index is 550. The largest absolute Gasteiger partial charge is 0.383 e. The van der Waals surface area contributed by atoms with Gasteiger partial charge in [0, 0.05) is 31.2 Å². The molecular formula is C16H28N6. The molecule has 2 fully saturated rings. The summed E-state index contributed by atoms with van der Waals surface area (Å²) in [6.45, 7) is 11.0. The predicted molar refractivity (Wildman–Crippen MR) is 90.8 cm³/mol. The van der Waals surface area contributed by atoms with Gasteiger partial charge in [-0.05, 0) is 31.2 Å². The number of hydrogen-bond donors (Lipinski definition) is 2. The summed E-state index contributed by atoms with van der Waals surface area (Å²) in [5, 5.41) is 0. The van der Waals surface area contributed by atoms with Crippen molar-refractivity contribution in [1.29, 1.82) is 0 Å². The van der Waals surface area contributed by atoms with Crippen LogP contribution in [0.15, 0.2) is 0 Å². The lowest BCUT2D eigenvalue weighted by Gasteiger charge is -2.39. The van der Waals surface area contributed by atoms with Gasteiger partial charge in [-0.15, -0.1) is 0 Å². The lowest BCUT2D eigenvalue weighted by Crippen LogP contribution is -2.50. The fraction of sp³-hybridized carbons (Fsp3) is 0.750. The average molecular weight is 304 g/mol. The number of nitrogens with two attached hydrogens (primary N) is 2. The molecule has 0 radical (unpaired) electrons. The molecular weight excluding hydrogens is 276 g/mol. The molecule has 0 saturated carbocycles. The van der Waals surface area contributed by atoms with Gasteiger partial charge in [0.05, 0.1) is 0 Å². The van der Waals surface area contributed by atoms with E-state index in [1.165, 1.54) is 19.4 Å². The van der Waals surface area contributed by atoms with E-state index in [2.05, 4.69) is 40.5 Å². The van der Waals surface area contributed by atoms with Crippen LogP contribution in [-0.2, 0) is 6.42 Å². The van der Waals surface area contributed by atoms with Crippen molar-refractivity contribution in [2.75, 3.05) is 42.5 Å². The third kappa shape index (κ3) is 3.11. The van der Waals surface area contributed by atoms with Gasteiger partial charge in [-0.2, -0.15) is 9.97 Å². The highest BCUT2D eigenvalue weighted by Crippen LogP contribution is 2.33. The molecule has 2 aliphatic heterocycles. The minimum absolute atomic E-state index is 0.136. The Morgan fingerprint density at radius 1 is 1.14 bits per heavy atom. The molecule has 0 spiro atoms. The van der Waals surface area contributed by atoms with Crippen LogP contribution >= 0.6 is 0 Å². The molecule has 2 aliphatic rings. The first-order valence-corrected chi connectivity index (χ1v) is 8.24. The highest BCUT2D eigenvalue weighted by molar-refractivity contribution is 5.60. The molecule has 22 heavy (non-hydrogen) atoms. The normalized spacial score (nSPS) is 22.9. The van der Waals surface area contributed by atoms with Crippen LogP contribution in [-0.4, -0.2) is 47.1 Å². The Balaban J connectivity index is 1.91. The zero-order valence-corrected chi connectivity index (χ0v) is 14.0. The van der Waals surface area contributed by atoms with Crippen LogP contribution in [0.5, 0.6) is 0 Å². The van der Waals surface area contributed by atoms with Crippen LogP contribution in [0.1, 0.15) is 39.2 Å². The topological polar surface area (TPSA) is 84.3 Å². The number of nitrogen functional groups attached to an aromatic ring is 2. The first-order valence-electron chi connectivity index (χ1n) is 8.24. The van der Waals surface area contributed by atoms with Crippen molar-refractivity contribution in [1.82, 2.24) is 14.9 Å². The molecule has 6 heteroatoms. The van der Waals surface area contributed by atoms with Crippen molar-refractivity contribution in [3.8, 4) is 0 Å². The SMILES string of the molecule is CC(C)(C)Cc1c(N)nc(N)nc1N1CCN2CCCC2C1. The number of piperazine rings is 1. The zero-order valence-electron chi connectivity index (χ0n) is 14.0. The smallest absolute Gasteiger partial charge is 0.223 e. The van der Waals surface area contributed by atoms with Crippen molar-refractivity contribution in [3.05, 3.63) is 5.56 Å². The standard InChI is InChI=1S/C16H28N6/c1-16(2,3)9-12-13(17)19-15(18)20-14(12)22-8-7-21-6-4-5-11(21)10-22/h11H,4-10H2,1-3H3,(H4,17,18,19,20). The quantitative estimate of drug-likeness (QED) is 0.861. The number of nitrogens with zero attached hydrogens (tertiary/aromatic N) is 4. The van der Waals surface area contributed by atoms with E-state index in [0.717, 1.165) is 37.4 Å². The molecule has 1 unspecified atom stereocenters. The number of anilines is 3. The molecule has 1 atom stereocenters. The molecule has 122 valence electrons. The Morgan fingerprint density at radius 3 is 2.64 bits per heavy atom. The van der Waals surface area contributed by atoms with E-state index in [1.54, 1.807) is 0 Å². The molecule has 0 aromatic carbocycles. The molecule has 0 aliphatic carbocycles. The minimum Gasteiger partial charge on any atom is -0.383 e. The van der Waals surface area contributed by atoms with Gasteiger partial charge >= 0.3 is 0 Å². The third-order valence-electron chi connectivity index (χ3n) is 4.63. The van der Waals surface area contributed by atoms with Gasteiger partial charge in [0.2, 0.25) is 5.95 Å². The maximum atomic E-state index is 6.17. The number of aromatic nitrogens is 2. The second kappa shape index (κ2) is 5.57. The minimum atomic E-state index is 0.136. The second-order valence-corrected chi connectivity index (χ2v) is 7.78. The van der Waals surface area contributed by atoms with Crippen LogP contribution in [0.3, 0.4) is 0 Å². The highest BCUT2D eigenvalue weighted by atomic mass is 15.3. The van der Waals surface area contributed by atoms with Crippen molar-refractivity contribution < 1.29 is 0 Å². The fourth-order valence-corrected chi connectivity index (χ4v) is 3.65. The monoisotopic (exact) mass is 304 g/mol. The molecule has 0 bridgehead atoms. The fourth-order valence-electron chi connectivity index (χ4n) is 3.65. The predicted octanol–water partition coefficient (Wildman–Crippen LogP) is 1.51. The molecule has 2 saturated heterocycles. The van der Waals surface area contributed by atoms with Crippen molar-refractivity contribution in [2.24, 2.45) is 5.41 Å². The summed E-state index contributed by atoms with van der Waals surface area (Å²) in [6, 6.07) is 0.647. The average Bonchev–Trinajstić information content (AvgIpc) is 2.87. The molecule has 0 amide bonds. The first-order chi connectivity index (χ1) is 10.3. The Labute approximate surface area is 132 Å². The summed E-state index contributed by atoms with van der Waals surface area (Å²) in [4.78, 5) is 13.7. The van der Waals surface area contributed by atoms with Gasteiger partial charge in [-0.1, -0.05) is 20.8 Å². The van der Waals surface area contributed by atoms with Crippen LogP contribution in [0.2, 0.25) is 0 Å². The van der Waals surface area contributed by atoms with Gasteiger partial charge in [0.15, 0.2) is 0 Å². The first kappa shape index (κ1) is 15.3. The Morgan fingerprint density at radius 2 is 1.91 bits per heavy atom. The van der Waals surface area contributed by atoms with Crippen molar-refractivity contribution in [3.63, 3.8) is 0 Å². The summed E-state index contributed by atoms with van der Waals surface area (Å²) < 4.78 is 0. The summed E-state index contributed by atoms with van der Waals surface area (Å²) in [7, 11) is 0. The third-order valence-corrected chi connectivity index (χ3v) is 4.63.